The highest BCUT2D eigenvalue weighted by Gasteiger charge is 2.19. The lowest BCUT2D eigenvalue weighted by Crippen LogP contribution is -2.00. The third-order valence-corrected chi connectivity index (χ3v) is 2.35. The molecule has 0 aliphatic heterocycles. The molecule has 3 nitrogen and oxygen atoms in total. The van der Waals surface area contributed by atoms with Gasteiger partial charge in [0.1, 0.15) is 0 Å². The zero-order valence-electron chi connectivity index (χ0n) is 8.16. The highest BCUT2D eigenvalue weighted by molar-refractivity contribution is 5.38. The van der Waals surface area contributed by atoms with E-state index in [-0.39, 0.29) is 5.92 Å². The van der Waals surface area contributed by atoms with Gasteiger partial charge in [-0.2, -0.15) is 4.39 Å². The van der Waals surface area contributed by atoms with Gasteiger partial charge < -0.3 is 0 Å². The summed E-state index contributed by atoms with van der Waals surface area (Å²) in [5.74, 6) is -0.693. The molecule has 0 aliphatic rings. The van der Waals surface area contributed by atoms with Gasteiger partial charge in [0.15, 0.2) is 0 Å². The zero-order valence-corrected chi connectivity index (χ0v) is 8.16. The Balaban J connectivity index is 3.20. The number of hydrogen-bond donors (Lipinski definition) is 0. The molecule has 0 aliphatic carbocycles. The molecule has 1 aromatic carbocycles. The van der Waals surface area contributed by atoms with E-state index in [1.807, 2.05) is 13.8 Å². The van der Waals surface area contributed by atoms with Crippen molar-refractivity contribution in [2.45, 2.75) is 26.2 Å². The van der Waals surface area contributed by atoms with Crippen LogP contribution in [0.2, 0.25) is 0 Å². The first-order valence-corrected chi connectivity index (χ1v) is 4.50. The van der Waals surface area contributed by atoms with Crippen LogP contribution in [-0.2, 0) is 0 Å². The van der Waals surface area contributed by atoms with Crippen LogP contribution in [0, 0.1) is 15.9 Å². The number of rotatable bonds is 3. The van der Waals surface area contributed by atoms with E-state index in [0.29, 0.717) is 5.56 Å². The van der Waals surface area contributed by atoms with E-state index >= 15 is 0 Å². The number of benzene rings is 1. The molecular formula is C10H12FNO2. The van der Waals surface area contributed by atoms with Crippen LogP contribution in [0.3, 0.4) is 0 Å². The van der Waals surface area contributed by atoms with Crippen molar-refractivity contribution in [1.82, 2.24) is 0 Å². The lowest BCUT2D eigenvalue weighted by molar-refractivity contribution is -0.387. The highest BCUT2D eigenvalue weighted by Crippen LogP contribution is 2.27. The van der Waals surface area contributed by atoms with E-state index in [1.165, 1.54) is 12.1 Å². The van der Waals surface area contributed by atoms with Crippen LogP contribution in [0.1, 0.15) is 31.7 Å². The van der Waals surface area contributed by atoms with Crippen molar-refractivity contribution < 1.29 is 9.31 Å². The fraction of sp³-hybridized carbons (Fsp3) is 0.400. The quantitative estimate of drug-likeness (QED) is 0.551. The molecule has 0 bridgehead atoms. The number of nitro groups is 1. The third kappa shape index (κ3) is 1.89. The molecule has 0 fully saturated rings. The fourth-order valence-corrected chi connectivity index (χ4v) is 1.28. The minimum absolute atomic E-state index is 0.00917. The standard InChI is InChI=1S/C10H12FNO2/c1-3-7(2)8-5-4-6-9(10(8)11)12(13)14/h4-7H,3H2,1-2H3. The van der Waals surface area contributed by atoms with Gasteiger partial charge in [-0.05, 0) is 17.9 Å². The van der Waals surface area contributed by atoms with Gasteiger partial charge in [-0.1, -0.05) is 26.0 Å². The monoisotopic (exact) mass is 197 g/mol. The number of hydrogen-bond acceptors (Lipinski definition) is 2. The van der Waals surface area contributed by atoms with E-state index in [2.05, 4.69) is 0 Å². The van der Waals surface area contributed by atoms with E-state index in [0.717, 1.165) is 6.42 Å². The van der Waals surface area contributed by atoms with Crippen molar-refractivity contribution in [3.8, 4) is 0 Å². The second kappa shape index (κ2) is 4.17. The summed E-state index contributed by atoms with van der Waals surface area (Å²) in [6, 6.07) is 4.29. The van der Waals surface area contributed by atoms with Crippen LogP contribution >= 0.6 is 0 Å². The Morgan fingerprint density at radius 1 is 1.57 bits per heavy atom. The molecule has 1 rings (SSSR count). The molecule has 0 amide bonds. The summed E-state index contributed by atoms with van der Waals surface area (Å²) in [4.78, 5) is 9.76. The molecular weight excluding hydrogens is 185 g/mol. The molecule has 0 aromatic heterocycles. The van der Waals surface area contributed by atoms with Crippen molar-refractivity contribution in [3.05, 3.63) is 39.7 Å². The van der Waals surface area contributed by atoms with Gasteiger partial charge in [0.05, 0.1) is 4.92 Å². The molecule has 0 saturated heterocycles. The Kier molecular flexibility index (Phi) is 3.17. The minimum atomic E-state index is -0.702. The topological polar surface area (TPSA) is 43.1 Å². The summed E-state index contributed by atoms with van der Waals surface area (Å²) in [5, 5.41) is 10.5. The molecule has 1 atom stereocenters. The predicted molar refractivity (Wildman–Crippen MR) is 51.8 cm³/mol. The number of nitrogens with zero attached hydrogens (tertiary/aromatic N) is 1. The fourth-order valence-electron chi connectivity index (χ4n) is 1.28. The van der Waals surface area contributed by atoms with Crippen LogP contribution in [0.15, 0.2) is 18.2 Å². The second-order valence-corrected chi connectivity index (χ2v) is 3.25. The van der Waals surface area contributed by atoms with E-state index < -0.39 is 16.4 Å². The first-order chi connectivity index (χ1) is 6.57. The Hall–Kier alpha value is -1.45. The lowest BCUT2D eigenvalue weighted by atomic mass is 9.97. The summed E-state index contributed by atoms with van der Waals surface area (Å²) < 4.78 is 13.5. The SMILES string of the molecule is CCC(C)c1cccc([N+](=O)[O-])c1F. The van der Waals surface area contributed by atoms with Gasteiger partial charge >= 0.3 is 5.69 Å². The van der Waals surface area contributed by atoms with Crippen molar-refractivity contribution in [2.75, 3.05) is 0 Å². The highest BCUT2D eigenvalue weighted by atomic mass is 19.1. The van der Waals surface area contributed by atoms with Crippen molar-refractivity contribution >= 4 is 5.69 Å². The molecule has 0 N–H and O–H groups in total. The summed E-state index contributed by atoms with van der Waals surface area (Å²) in [5.41, 5.74) is -0.0236. The molecule has 76 valence electrons. The zero-order chi connectivity index (χ0) is 10.7. The predicted octanol–water partition coefficient (Wildman–Crippen LogP) is 3.25. The van der Waals surface area contributed by atoms with Gasteiger partial charge in [-0.25, -0.2) is 0 Å². The maximum Gasteiger partial charge on any atom is 0.305 e. The first-order valence-electron chi connectivity index (χ1n) is 4.50. The minimum Gasteiger partial charge on any atom is -0.258 e. The van der Waals surface area contributed by atoms with Gasteiger partial charge in [-0.3, -0.25) is 10.1 Å². The summed E-state index contributed by atoms with van der Waals surface area (Å²) >= 11 is 0. The number of halogens is 1. The first kappa shape index (κ1) is 10.6. The summed E-state index contributed by atoms with van der Waals surface area (Å²) in [6.45, 7) is 3.77. The average Bonchev–Trinajstić information content (AvgIpc) is 2.16. The van der Waals surface area contributed by atoms with Gasteiger partial charge in [0, 0.05) is 6.07 Å². The van der Waals surface area contributed by atoms with Crippen molar-refractivity contribution in [1.29, 1.82) is 0 Å². The maximum atomic E-state index is 13.5. The smallest absolute Gasteiger partial charge is 0.258 e. The Morgan fingerprint density at radius 3 is 2.71 bits per heavy atom. The maximum absolute atomic E-state index is 13.5. The molecule has 0 radical (unpaired) electrons. The normalized spacial score (nSPS) is 12.5. The Bertz CT molecular complexity index is 352. The lowest BCUT2D eigenvalue weighted by Gasteiger charge is -2.09. The number of nitro benzene ring substituents is 1. The molecule has 4 heteroatoms. The van der Waals surface area contributed by atoms with Crippen molar-refractivity contribution in [3.63, 3.8) is 0 Å². The molecule has 1 unspecified atom stereocenters. The van der Waals surface area contributed by atoms with E-state index in [1.54, 1.807) is 6.07 Å². The van der Waals surface area contributed by atoms with E-state index in [9.17, 15) is 14.5 Å². The second-order valence-electron chi connectivity index (χ2n) is 3.25. The Labute approximate surface area is 81.7 Å². The summed E-state index contributed by atoms with van der Waals surface area (Å²) in [6.07, 6.45) is 0.762. The third-order valence-electron chi connectivity index (χ3n) is 2.35. The molecule has 0 spiro atoms. The van der Waals surface area contributed by atoms with Crippen LogP contribution in [0.25, 0.3) is 0 Å². The van der Waals surface area contributed by atoms with Crippen LogP contribution < -0.4 is 0 Å². The Morgan fingerprint density at radius 2 is 2.21 bits per heavy atom. The molecule has 1 aromatic rings. The van der Waals surface area contributed by atoms with Gasteiger partial charge in [0.2, 0.25) is 5.82 Å². The van der Waals surface area contributed by atoms with Crippen molar-refractivity contribution in [2.24, 2.45) is 0 Å². The van der Waals surface area contributed by atoms with Gasteiger partial charge in [-0.15, -0.1) is 0 Å². The van der Waals surface area contributed by atoms with E-state index in [4.69, 9.17) is 0 Å². The van der Waals surface area contributed by atoms with Crippen LogP contribution in [0.5, 0.6) is 0 Å². The van der Waals surface area contributed by atoms with Crippen LogP contribution in [0.4, 0.5) is 10.1 Å². The molecule has 14 heavy (non-hydrogen) atoms. The molecule has 0 saturated carbocycles. The molecule has 0 heterocycles. The largest absolute Gasteiger partial charge is 0.305 e. The van der Waals surface area contributed by atoms with Gasteiger partial charge in [0.25, 0.3) is 0 Å². The average molecular weight is 197 g/mol. The van der Waals surface area contributed by atoms with Crippen LogP contribution in [-0.4, -0.2) is 4.92 Å². The summed E-state index contributed by atoms with van der Waals surface area (Å²) in [7, 11) is 0.